The lowest BCUT2D eigenvalue weighted by atomic mass is 10.1. The van der Waals surface area contributed by atoms with Crippen LogP contribution in [0.4, 0.5) is 10.8 Å². The van der Waals surface area contributed by atoms with Gasteiger partial charge in [0, 0.05) is 29.8 Å². The van der Waals surface area contributed by atoms with Gasteiger partial charge in [-0.05, 0) is 67.8 Å². The Hall–Kier alpha value is -3.10. The number of nitrogens with one attached hydrogen (secondary N) is 1. The molecule has 0 bridgehead atoms. The summed E-state index contributed by atoms with van der Waals surface area (Å²) >= 11 is 1.52. The maximum Gasteiger partial charge on any atom is 0.243 e. The molecule has 1 aromatic heterocycles. The van der Waals surface area contributed by atoms with Gasteiger partial charge in [0.15, 0.2) is 5.13 Å². The van der Waals surface area contributed by atoms with Gasteiger partial charge in [-0.3, -0.25) is 4.79 Å². The van der Waals surface area contributed by atoms with Gasteiger partial charge in [-0.2, -0.15) is 0 Å². The first kappa shape index (κ1) is 24.0. The van der Waals surface area contributed by atoms with Crippen molar-refractivity contribution in [1.82, 2.24) is 10.3 Å². The molecule has 7 nitrogen and oxygen atoms in total. The van der Waals surface area contributed by atoms with Gasteiger partial charge >= 0.3 is 0 Å². The highest BCUT2D eigenvalue weighted by Gasteiger charge is 2.29. The molecule has 2 heterocycles. The Morgan fingerprint density at radius 3 is 2.41 bits per heavy atom. The molecule has 34 heavy (non-hydrogen) atoms. The van der Waals surface area contributed by atoms with Crippen LogP contribution in [0.15, 0.2) is 53.9 Å². The van der Waals surface area contributed by atoms with Gasteiger partial charge in [0.05, 0.1) is 26.0 Å². The Morgan fingerprint density at radius 1 is 1.15 bits per heavy atom. The monoisotopic (exact) mass is 481 g/mol. The molecule has 1 amide bonds. The zero-order valence-electron chi connectivity index (χ0n) is 19.8. The van der Waals surface area contributed by atoms with Gasteiger partial charge in [-0.25, -0.2) is 4.98 Å². The summed E-state index contributed by atoms with van der Waals surface area (Å²) < 4.78 is 16.3. The molecule has 8 heteroatoms. The van der Waals surface area contributed by atoms with Crippen molar-refractivity contribution in [2.75, 3.05) is 32.3 Å². The Balaban J connectivity index is 1.62. The fraction of sp³-hybridized carbons (Fsp3) is 0.385. The summed E-state index contributed by atoms with van der Waals surface area (Å²) in [5, 5.41) is 5.88. The zero-order valence-corrected chi connectivity index (χ0v) is 20.6. The smallest absolute Gasteiger partial charge is 0.243 e. The van der Waals surface area contributed by atoms with Crippen molar-refractivity contribution < 1.29 is 19.0 Å². The summed E-state index contributed by atoms with van der Waals surface area (Å²) in [6.45, 7) is 3.31. The summed E-state index contributed by atoms with van der Waals surface area (Å²) in [6.07, 6.45) is 2.75. The van der Waals surface area contributed by atoms with Crippen molar-refractivity contribution in [3.8, 4) is 22.8 Å². The maximum absolute atomic E-state index is 13.3. The summed E-state index contributed by atoms with van der Waals surface area (Å²) in [5.41, 5.74) is 2.74. The molecule has 1 fully saturated rings. The van der Waals surface area contributed by atoms with Crippen LogP contribution in [0.3, 0.4) is 0 Å². The Bertz CT molecular complexity index is 1060. The van der Waals surface area contributed by atoms with Crippen LogP contribution < -0.4 is 19.7 Å². The topological polar surface area (TPSA) is 72.9 Å². The molecule has 2 aromatic carbocycles. The first-order chi connectivity index (χ1) is 16.6. The number of amides is 1. The van der Waals surface area contributed by atoms with E-state index in [1.54, 1.807) is 14.2 Å². The van der Waals surface area contributed by atoms with Crippen LogP contribution in [0.1, 0.15) is 26.2 Å². The average Bonchev–Trinajstić information content (AvgIpc) is 3.58. The van der Waals surface area contributed by atoms with Crippen LogP contribution >= 0.6 is 11.3 Å². The molecule has 0 aliphatic carbocycles. The molecule has 2 unspecified atom stereocenters. The van der Waals surface area contributed by atoms with Crippen LogP contribution in [-0.2, 0) is 9.53 Å². The van der Waals surface area contributed by atoms with Crippen LogP contribution in [-0.4, -0.2) is 50.4 Å². The Morgan fingerprint density at radius 2 is 1.82 bits per heavy atom. The quantitative estimate of drug-likeness (QED) is 0.437. The minimum Gasteiger partial charge on any atom is -0.497 e. The van der Waals surface area contributed by atoms with Crippen LogP contribution in [0, 0.1) is 0 Å². The van der Waals surface area contributed by atoms with E-state index in [1.165, 1.54) is 11.3 Å². The van der Waals surface area contributed by atoms with Crippen LogP contribution in [0.25, 0.3) is 11.3 Å². The van der Waals surface area contributed by atoms with Crippen molar-refractivity contribution in [2.24, 2.45) is 0 Å². The number of carbonyl (C=O) groups is 1. The molecular formula is C26H31N3O4S. The molecule has 2 atom stereocenters. The third-order valence-corrected chi connectivity index (χ3v) is 6.80. The molecule has 0 saturated carbocycles. The summed E-state index contributed by atoms with van der Waals surface area (Å²) in [7, 11) is 3.29. The molecule has 3 aromatic rings. The predicted octanol–water partition coefficient (Wildman–Crippen LogP) is 5.04. The summed E-state index contributed by atoms with van der Waals surface area (Å²) in [4.78, 5) is 20.2. The fourth-order valence-corrected chi connectivity index (χ4v) is 4.96. The number of nitrogens with zero attached hydrogens (tertiary/aromatic N) is 2. The van der Waals surface area contributed by atoms with Gasteiger partial charge in [0.25, 0.3) is 0 Å². The number of anilines is 2. The summed E-state index contributed by atoms with van der Waals surface area (Å²) in [5.74, 6) is 1.53. The van der Waals surface area contributed by atoms with Gasteiger partial charge in [-0.1, -0.05) is 6.92 Å². The first-order valence-corrected chi connectivity index (χ1v) is 12.4. The van der Waals surface area contributed by atoms with E-state index >= 15 is 0 Å². The van der Waals surface area contributed by atoms with E-state index in [2.05, 4.69) is 5.32 Å². The van der Waals surface area contributed by atoms with E-state index < -0.39 is 6.04 Å². The Kier molecular flexibility index (Phi) is 8.03. The molecular weight excluding hydrogens is 450 g/mol. The van der Waals surface area contributed by atoms with Crippen LogP contribution in [0.2, 0.25) is 0 Å². The number of aromatic nitrogens is 1. The zero-order chi connectivity index (χ0) is 23.9. The number of carbonyl (C=O) groups excluding carboxylic acids is 1. The molecule has 1 saturated heterocycles. The minimum absolute atomic E-state index is 0.0324. The highest BCUT2D eigenvalue weighted by atomic mass is 32.1. The number of benzene rings is 2. The molecule has 180 valence electrons. The van der Waals surface area contributed by atoms with Crippen LogP contribution in [0.5, 0.6) is 11.5 Å². The standard InChI is InChI=1S/C26H31N3O4S/c1-4-24(25(30)27-16-22-6-5-15-33-22)29(19-9-13-21(32-3)14-10-19)26-28-23(17-34-26)18-7-11-20(31-2)12-8-18/h7-14,17,22,24H,4-6,15-16H2,1-3H3,(H,27,30). The third kappa shape index (κ3) is 5.51. The second kappa shape index (κ2) is 11.4. The van der Waals surface area contributed by atoms with E-state index in [1.807, 2.05) is 65.7 Å². The maximum atomic E-state index is 13.3. The van der Waals surface area contributed by atoms with E-state index in [4.69, 9.17) is 19.2 Å². The van der Waals surface area contributed by atoms with Crippen molar-refractivity contribution in [3.63, 3.8) is 0 Å². The number of ether oxygens (including phenoxy) is 3. The largest absolute Gasteiger partial charge is 0.497 e. The number of hydrogen-bond acceptors (Lipinski definition) is 7. The third-order valence-electron chi connectivity index (χ3n) is 5.96. The summed E-state index contributed by atoms with van der Waals surface area (Å²) in [6, 6.07) is 15.1. The highest BCUT2D eigenvalue weighted by molar-refractivity contribution is 7.14. The highest BCUT2D eigenvalue weighted by Crippen LogP contribution is 2.35. The first-order valence-electron chi connectivity index (χ1n) is 11.6. The molecule has 4 rings (SSSR count). The number of rotatable bonds is 10. The van der Waals surface area contributed by atoms with E-state index in [-0.39, 0.29) is 12.0 Å². The van der Waals surface area contributed by atoms with Gasteiger partial charge in [-0.15, -0.1) is 11.3 Å². The lowest BCUT2D eigenvalue weighted by molar-refractivity contribution is -0.122. The molecule has 0 spiro atoms. The second-order valence-corrected chi connectivity index (χ2v) is 8.95. The number of thiazole rings is 1. The molecule has 1 N–H and O–H groups in total. The molecule has 0 radical (unpaired) electrons. The number of hydrogen-bond donors (Lipinski definition) is 1. The Labute approximate surface area is 204 Å². The van der Waals surface area contributed by atoms with Crippen molar-refractivity contribution >= 4 is 28.1 Å². The lowest BCUT2D eigenvalue weighted by Gasteiger charge is -2.30. The average molecular weight is 482 g/mol. The van der Waals surface area contributed by atoms with Crippen molar-refractivity contribution in [1.29, 1.82) is 0 Å². The van der Waals surface area contributed by atoms with E-state index in [0.29, 0.717) is 13.0 Å². The van der Waals surface area contributed by atoms with Gasteiger partial charge < -0.3 is 24.4 Å². The SMILES string of the molecule is CCC(C(=O)NCC1CCCO1)N(c1ccc(OC)cc1)c1nc(-c2ccc(OC)cc2)cs1. The molecule has 1 aliphatic rings. The van der Waals surface area contributed by atoms with E-state index in [9.17, 15) is 4.79 Å². The van der Waals surface area contributed by atoms with Crippen molar-refractivity contribution in [3.05, 3.63) is 53.9 Å². The second-order valence-electron chi connectivity index (χ2n) is 8.12. The fourth-order valence-electron chi connectivity index (χ4n) is 4.06. The normalized spacial score (nSPS) is 16.1. The van der Waals surface area contributed by atoms with Gasteiger partial charge in [0.1, 0.15) is 17.5 Å². The van der Waals surface area contributed by atoms with Crippen molar-refractivity contribution in [2.45, 2.75) is 38.3 Å². The minimum atomic E-state index is -0.412. The lowest BCUT2D eigenvalue weighted by Crippen LogP contribution is -2.46. The predicted molar refractivity (Wildman–Crippen MR) is 135 cm³/mol. The van der Waals surface area contributed by atoms with E-state index in [0.717, 1.165) is 53.0 Å². The number of methoxy groups -OCH3 is 2. The molecule has 1 aliphatic heterocycles. The van der Waals surface area contributed by atoms with Gasteiger partial charge in [0.2, 0.25) is 5.91 Å².